The number of fused-ring (bicyclic) bond motifs is 6. The van der Waals surface area contributed by atoms with Crippen LogP contribution in [0.1, 0.15) is 97.5 Å². The van der Waals surface area contributed by atoms with Gasteiger partial charge in [0.05, 0.1) is 18.0 Å². The van der Waals surface area contributed by atoms with Crippen molar-refractivity contribution in [2.75, 3.05) is 12.8 Å². The number of hydrogen-bond acceptors (Lipinski definition) is 4. The average Bonchev–Trinajstić information content (AvgIpc) is 3.39. The molecule has 1 aromatic rings. The number of nitrogens with one attached hydrogen (secondary N) is 1. The number of allylic oxidation sites excluding steroid dienone is 1. The maximum absolute atomic E-state index is 12.0. The van der Waals surface area contributed by atoms with Gasteiger partial charge >= 0.3 is 0 Å². The van der Waals surface area contributed by atoms with Gasteiger partial charge in [0.15, 0.2) is 0 Å². The Balaban J connectivity index is 1.11. The van der Waals surface area contributed by atoms with Crippen molar-refractivity contribution in [3.8, 4) is 0 Å². The summed E-state index contributed by atoms with van der Waals surface area (Å²) in [4.78, 5) is 2.77. The summed E-state index contributed by atoms with van der Waals surface area (Å²) < 4.78 is 34.2. The third-order valence-corrected chi connectivity index (χ3v) is 14.2. The first-order chi connectivity index (χ1) is 20.0. The van der Waals surface area contributed by atoms with Crippen LogP contribution in [0.25, 0.3) is 0 Å². The van der Waals surface area contributed by atoms with Gasteiger partial charge in [0.1, 0.15) is 0 Å². The normalized spacial score (nSPS) is 45.7. The molecule has 0 radical (unpaired) electrons. The zero-order valence-corrected chi connectivity index (χ0v) is 27.5. The third kappa shape index (κ3) is 5.04. The lowest BCUT2D eigenvalue weighted by Crippen LogP contribution is -2.51. The number of sulfonamides is 1. The van der Waals surface area contributed by atoms with Crippen molar-refractivity contribution in [1.82, 2.24) is 9.62 Å². The molecular formula is C36H54N2O3S. The van der Waals surface area contributed by atoms with E-state index in [0.717, 1.165) is 50.0 Å². The van der Waals surface area contributed by atoms with Crippen LogP contribution in [0.15, 0.2) is 41.5 Å². The van der Waals surface area contributed by atoms with Crippen LogP contribution >= 0.6 is 0 Å². The van der Waals surface area contributed by atoms with Gasteiger partial charge in [0.25, 0.3) is 0 Å². The molecule has 0 amide bonds. The monoisotopic (exact) mass is 594 g/mol. The number of benzene rings is 1. The zero-order chi connectivity index (χ0) is 29.4. The molecule has 5 nitrogen and oxygen atoms in total. The summed E-state index contributed by atoms with van der Waals surface area (Å²) >= 11 is 0. The molecule has 42 heavy (non-hydrogen) atoms. The van der Waals surface area contributed by atoms with E-state index in [1.807, 2.05) is 0 Å². The molecule has 0 bridgehead atoms. The summed E-state index contributed by atoms with van der Waals surface area (Å²) in [5, 5.41) is 0. The van der Waals surface area contributed by atoms with Crippen LogP contribution in [-0.4, -0.2) is 49.9 Å². The van der Waals surface area contributed by atoms with Gasteiger partial charge < -0.3 is 4.74 Å². The lowest BCUT2D eigenvalue weighted by atomic mass is 9.52. The second-order valence-corrected chi connectivity index (χ2v) is 17.8. The Bertz CT molecular complexity index is 1310. The molecule has 6 heteroatoms. The molecule has 0 aromatic heterocycles. The summed E-state index contributed by atoms with van der Waals surface area (Å²) in [6.45, 7) is 12.2. The van der Waals surface area contributed by atoms with E-state index in [1.54, 1.807) is 11.1 Å². The number of piperidine rings is 1. The van der Waals surface area contributed by atoms with E-state index in [0.29, 0.717) is 35.3 Å². The average molecular weight is 595 g/mol. The van der Waals surface area contributed by atoms with Crippen molar-refractivity contribution in [3.63, 3.8) is 0 Å². The Morgan fingerprint density at radius 1 is 1.05 bits per heavy atom. The molecule has 232 valence electrons. The maximum atomic E-state index is 12.0. The van der Waals surface area contributed by atoms with E-state index in [-0.39, 0.29) is 11.6 Å². The molecule has 5 fully saturated rings. The fraction of sp³-hybridized carbons (Fsp3) is 0.778. The second kappa shape index (κ2) is 10.7. The zero-order valence-electron chi connectivity index (χ0n) is 26.6. The van der Waals surface area contributed by atoms with Gasteiger partial charge in [-0.05, 0) is 112 Å². The highest BCUT2D eigenvalue weighted by molar-refractivity contribution is 7.88. The van der Waals surface area contributed by atoms with Crippen molar-refractivity contribution in [1.29, 1.82) is 0 Å². The fourth-order valence-corrected chi connectivity index (χ4v) is 12.4. The minimum Gasteiger partial charge on any atom is -0.369 e. The van der Waals surface area contributed by atoms with E-state index in [9.17, 15) is 8.42 Å². The lowest BCUT2D eigenvalue weighted by molar-refractivity contribution is -0.0815. The summed E-state index contributed by atoms with van der Waals surface area (Å²) in [5.74, 6) is 4.11. The van der Waals surface area contributed by atoms with Crippen LogP contribution in [0.3, 0.4) is 0 Å². The molecule has 3 saturated carbocycles. The van der Waals surface area contributed by atoms with Crippen LogP contribution in [0.4, 0.5) is 0 Å². The molecule has 2 saturated heterocycles. The fourth-order valence-electron chi connectivity index (χ4n) is 11.6. The Kier molecular flexibility index (Phi) is 7.52. The van der Waals surface area contributed by atoms with Gasteiger partial charge in [-0.25, -0.2) is 13.1 Å². The smallest absolute Gasteiger partial charge is 0.208 e. The van der Waals surface area contributed by atoms with E-state index in [2.05, 4.69) is 67.6 Å². The molecule has 7 rings (SSSR count). The third-order valence-electron chi connectivity index (χ3n) is 13.5. The molecular weight excluding hydrogens is 540 g/mol. The first-order valence-corrected chi connectivity index (χ1v) is 19.0. The molecule has 11 atom stereocenters. The van der Waals surface area contributed by atoms with Gasteiger partial charge in [-0.1, -0.05) is 62.2 Å². The number of hydrogen-bond donors (Lipinski definition) is 1. The molecule has 0 unspecified atom stereocenters. The van der Waals surface area contributed by atoms with Crippen LogP contribution < -0.4 is 4.72 Å². The molecule has 4 aliphatic carbocycles. The molecule has 2 aliphatic heterocycles. The first-order valence-electron chi connectivity index (χ1n) is 17.1. The van der Waals surface area contributed by atoms with Gasteiger partial charge in [0.2, 0.25) is 10.0 Å². The standard InChI is InChI=1S/C36H54N2O3S/c1-23-17-33-34(38(21-23)22-26-9-7-6-8-10-26)25(3)36(41-33)16-14-29-30-12-11-27-18-28(37-42(5,39)40)13-15-35(27,4)32(30)19-31(29)24(2)20-36/h6-10,23,25,27-30,32-34,37H,11-22H2,1-5H3/t23-,25+,27+,28+,29-,30-,32-,33+,34-,35-,36-/m0/s1. The highest BCUT2D eigenvalue weighted by Crippen LogP contribution is 2.65. The van der Waals surface area contributed by atoms with Crippen LogP contribution in [0, 0.1) is 40.9 Å². The predicted octanol–water partition coefficient (Wildman–Crippen LogP) is 6.94. The number of likely N-dealkylation sites (tertiary alicyclic amines) is 1. The number of nitrogens with zero attached hydrogens (tertiary/aromatic N) is 1. The highest BCUT2D eigenvalue weighted by Gasteiger charge is 2.60. The molecule has 1 N–H and O–H groups in total. The van der Waals surface area contributed by atoms with Crippen molar-refractivity contribution >= 4 is 10.0 Å². The number of ether oxygens (including phenoxy) is 1. The van der Waals surface area contributed by atoms with Gasteiger partial charge in [0, 0.05) is 31.1 Å². The van der Waals surface area contributed by atoms with Crippen molar-refractivity contribution < 1.29 is 13.2 Å². The largest absolute Gasteiger partial charge is 0.369 e. The Hall–Kier alpha value is -1.21. The minimum atomic E-state index is -3.15. The van der Waals surface area contributed by atoms with Crippen molar-refractivity contribution in [3.05, 3.63) is 47.0 Å². The molecule has 1 aromatic carbocycles. The Morgan fingerprint density at radius 3 is 2.60 bits per heavy atom. The highest BCUT2D eigenvalue weighted by atomic mass is 32.2. The van der Waals surface area contributed by atoms with Crippen molar-refractivity contribution in [2.45, 2.75) is 122 Å². The number of rotatable bonds is 4. The summed E-state index contributed by atoms with van der Waals surface area (Å²) in [6.07, 6.45) is 13.5. The van der Waals surface area contributed by atoms with E-state index in [4.69, 9.17) is 4.74 Å². The van der Waals surface area contributed by atoms with Gasteiger partial charge in [-0.15, -0.1) is 0 Å². The second-order valence-electron chi connectivity index (χ2n) is 16.0. The maximum Gasteiger partial charge on any atom is 0.208 e. The summed E-state index contributed by atoms with van der Waals surface area (Å²) in [7, 11) is -3.15. The molecule has 6 aliphatic rings. The van der Waals surface area contributed by atoms with Crippen LogP contribution in [0.5, 0.6) is 0 Å². The summed E-state index contributed by atoms with van der Waals surface area (Å²) in [5.41, 5.74) is 5.17. The van der Waals surface area contributed by atoms with Crippen LogP contribution in [0.2, 0.25) is 0 Å². The minimum absolute atomic E-state index is 0.0261. The SMILES string of the molecule is CC1=C2C[C@H]3[C@@H](CC[C@@H]4C[C@H](NS(C)(=O)=O)CC[C@@]43C)[C@@H]2CC[C@@]2(C1)O[C@@H]1C[C@H](C)CN(Cc3ccccc3)[C@H]1[C@H]2C. The quantitative estimate of drug-likeness (QED) is 0.384. The molecule has 1 spiro atoms. The van der Waals surface area contributed by atoms with E-state index < -0.39 is 10.0 Å². The first kappa shape index (κ1) is 29.5. The Labute approximate surface area is 255 Å². The molecule has 2 heterocycles. The van der Waals surface area contributed by atoms with Gasteiger partial charge in [-0.3, -0.25) is 4.90 Å². The van der Waals surface area contributed by atoms with Gasteiger partial charge in [-0.2, -0.15) is 0 Å². The van der Waals surface area contributed by atoms with Crippen LogP contribution in [-0.2, 0) is 21.3 Å². The Morgan fingerprint density at radius 2 is 1.83 bits per heavy atom. The van der Waals surface area contributed by atoms with Crippen molar-refractivity contribution in [2.24, 2.45) is 40.9 Å². The topological polar surface area (TPSA) is 58.6 Å². The van der Waals surface area contributed by atoms with E-state index >= 15 is 0 Å². The predicted molar refractivity (Wildman–Crippen MR) is 169 cm³/mol. The van der Waals surface area contributed by atoms with E-state index in [1.165, 1.54) is 56.9 Å². The summed E-state index contributed by atoms with van der Waals surface area (Å²) in [6, 6.07) is 11.7. The lowest BCUT2D eigenvalue weighted by Gasteiger charge is -2.54.